The van der Waals surface area contributed by atoms with E-state index in [1.54, 1.807) is 30.3 Å². The summed E-state index contributed by atoms with van der Waals surface area (Å²) in [6, 6.07) is 12.4. The Morgan fingerprint density at radius 3 is 2.43 bits per heavy atom. The van der Waals surface area contributed by atoms with Crippen molar-refractivity contribution in [3.8, 4) is 5.75 Å². The summed E-state index contributed by atoms with van der Waals surface area (Å²) in [6.07, 6.45) is 3.37. The second-order valence-electron chi connectivity index (χ2n) is 10.5. The van der Waals surface area contributed by atoms with Gasteiger partial charge in [0.1, 0.15) is 5.75 Å². The van der Waals surface area contributed by atoms with Crippen LogP contribution in [-0.2, 0) is 20.2 Å². The molecular formula is C28H40N2O4S. The highest BCUT2D eigenvalue weighted by Gasteiger charge is 2.38. The van der Waals surface area contributed by atoms with Crippen LogP contribution in [0.5, 0.6) is 5.75 Å². The summed E-state index contributed by atoms with van der Waals surface area (Å²) < 4.78 is 34.9. The van der Waals surface area contributed by atoms with Crippen LogP contribution < -0.4 is 14.4 Å². The average molecular weight is 501 g/mol. The number of rotatable bonds is 9. The monoisotopic (exact) mass is 500 g/mol. The molecule has 6 nitrogen and oxygen atoms in total. The first-order valence-electron chi connectivity index (χ1n) is 12.7. The number of unbranched alkanes of at least 4 members (excludes halogenated alkanes) is 1. The van der Waals surface area contributed by atoms with Gasteiger partial charge in [-0.25, -0.2) is 8.42 Å². The number of hydrogen-bond donors (Lipinski definition) is 1. The number of nitrogens with one attached hydrogen (secondary N) is 1. The molecule has 35 heavy (non-hydrogen) atoms. The van der Waals surface area contributed by atoms with Crippen LogP contribution in [0.3, 0.4) is 0 Å². The summed E-state index contributed by atoms with van der Waals surface area (Å²) in [4.78, 5) is 13.3. The molecule has 1 heterocycles. The van der Waals surface area contributed by atoms with E-state index in [4.69, 9.17) is 4.74 Å². The summed E-state index contributed by atoms with van der Waals surface area (Å²) in [6.45, 7) is 12.9. The minimum absolute atomic E-state index is 0.0750. The molecule has 0 aromatic heterocycles. The van der Waals surface area contributed by atoms with Crippen molar-refractivity contribution in [2.45, 2.75) is 83.6 Å². The van der Waals surface area contributed by atoms with Gasteiger partial charge in [0, 0.05) is 6.54 Å². The lowest BCUT2D eigenvalue weighted by Crippen LogP contribution is -2.51. The molecule has 1 aliphatic rings. The number of anilines is 1. The van der Waals surface area contributed by atoms with Crippen LogP contribution in [-0.4, -0.2) is 33.5 Å². The molecule has 192 valence electrons. The molecule has 2 aromatic carbocycles. The summed E-state index contributed by atoms with van der Waals surface area (Å²) in [5.41, 5.74) is 2.27. The van der Waals surface area contributed by atoms with E-state index in [2.05, 4.69) is 39.9 Å². The minimum atomic E-state index is -3.90. The van der Waals surface area contributed by atoms with E-state index in [9.17, 15) is 13.2 Å². The van der Waals surface area contributed by atoms with Gasteiger partial charge in [0.25, 0.3) is 15.9 Å². The Kier molecular flexibility index (Phi) is 8.52. The average Bonchev–Trinajstić information content (AvgIpc) is 2.82. The highest BCUT2D eigenvalue weighted by atomic mass is 32.2. The number of sulfonamides is 1. The van der Waals surface area contributed by atoms with Crippen LogP contribution in [0, 0.1) is 12.8 Å². The number of aryl methyl sites for hydroxylation is 1. The van der Waals surface area contributed by atoms with E-state index in [0.717, 1.165) is 36.8 Å². The van der Waals surface area contributed by atoms with Gasteiger partial charge < -0.3 is 10.1 Å². The first-order chi connectivity index (χ1) is 16.5. The summed E-state index contributed by atoms with van der Waals surface area (Å²) in [5.74, 6) is 0.518. The van der Waals surface area contributed by atoms with Crippen molar-refractivity contribution in [2.75, 3.05) is 17.4 Å². The third-order valence-electron chi connectivity index (χ3n) is 6.70. The first-order valence-corrected chi connectivity index (χ1v) is 14.1. The Hall–Kier alpha value is -2.54. The number of benzene rings is 2. The van der Waals surface area contributed by atoms with Crippen LogP contribution in [0.1, 0.15) is 71.4 Å². The van der Waals surface area contributed by atoms with E-state index in [1.807, 2.05) is 19.1 Å². The topological polar surface area (TPSA) is 75.7 Å². The Labute approximate surface area is 211 Å². The SMILES string of the molecule is CCCCC(CC)CNC(=O)C1CN(S(=O)(=O)c2ccc(C)cc2)c2cc(C(C)(C)C)ccc2O1. The zero-order valence-electron chi connectivity index (χ0n) is 21.9. The minimum Gasteiger partial charge on any atom is -0.476 e. The lowest BCUT2D eigenvalue weighted by atomic mass is 9.86. The number of carbonyl (C=O) groups excluding carboxylic acids is 1. The van der Waals surface area contributed by atoms with E-state index in [1.165, 1.54) is 4.31 Å². The molecule has 1 amide bonds. The van der Waals surface area contributed by atoms with Crippen molar-refractivity contribution in [3.63, 3.8) is 0 Å². The second kappa shape index (κ2) is 11.0. The maximum Gasteiger partial charge on any atom is 0.264 e. The zero-order valence-corrected chi connectivity index (χ0v) is 22.7. The van der Waals surface area contributed by atoms with E-state index in [0.29, 0.717) is 23.9 Å². The molecule has 3 rings (SSSR count). The van der Waals surface area contributed by atoms with Gasteiger partial charge >= 0.3 is 0 Å². The molecule has 0 fully saturated rings. The number of hydrogen-bond acceptors (Lipinski definition) is 4. The second-order valence-corrected chi connectivity index (χ2v) is 12.4. The number of fused-ring (bicyclic) bond motifs is 1. The van der Waals surface area contributed by atoms with Crippen LogP contribution >= 0.6 is 0 Å². The highest BCUT2D eigenvalue weighted by molar-refractivity contribution is 7.92. The van der Waals surface area contributed by atoms with Gasteiger partial charge in [-0.1, -0.05) is 77.6 Å². The first kappa shape index (κ1) is 27.1. The van der Waals surface area contributed by atoms with E-state index >= 15 is 0 Å². The lowest BCUT2D eigenvalue weighted by molar-refractivity contribution is -0.127. The molecule has 0 spiro atoms. The van der Waals surface area contributed by atoms with Gasteiger partial charge in [0.05, 0.1) is 17.1 Å². The third kappa shape index (κ3) is 6.37. The molecule has 1 N–H and O–H groups in total. The normalized spacial score (nSPS) is 16.9. The van der Waals surface area contributed by atoms with E-state index in [-0.39, 0.29) is 22.8 Å². The maximum absolute atomic E-state index is 13.8. The quantitative estimate of drug-likeness (QED) is 0.488. The molecule has 0 aliphatic carbocycles. The predicted octanol–water partition coefficient (Wildman–Crippen LogP) is 5.58. The number of amides is 1. The molecule has 0 radical (unpaired) electrons. The molecule has 7 heteroatoms. The molecule has 1 aliphatic heterocycles. The van der Waals surface area contributed by atoms with Gasteiger partial charge in [0.15, 0.2) is 6.10 Å². The molecule has 2 aromatic rings. The number of ether oxygens (including phenoxy) is 1. The van der Waals surface area contributed by atoms with Crippen molar-refractivity contribution in [3.05, 3.63) is 53.6 Å². The largest absolute Gasteiger partial charge is 0.476 e. The lowest BCUT2D eigenvalue weighted by Gasteiger charge is -2.36. The van der Waals surface area contributed by atoms with Crippen molar-refractivity contribution < 1.29 is 17.9 Å². The molecular weight excluding hydrogens is 460 g/mol. The van der Waals surface area contributed by atoms with Gasteiger partial charge in [-0.15, -0.1) is 0 Å². The fourth-order valence-corrected chi connectivity index (χ4v) is 5.69. The Morgan fingerprint density at radius 1 is 1.14 bits per heavy atom. The zero-order chi connectivity index (χ0) is 25.8. The summed E-state index contributed by atoms with van der Waals surface area (Å²) in [5, 5.41) is 3.01. The fourth-order valence-electron chi connectivity index (χ4n) is 4.22. The third-order valence-corrected chi connectivity index (χ3v) is 8.50. The summed E-state index contributed by atoms with van der Waals surface area (Å²) >= 11 is 0. The van der Waals surface area contributed by atoms with Crippen LogP contribution in [0.4, 0.5) is 5.69 Å². The number of nitrogens with zero attached hydrogens (tertiary/aromatic N) is 1. The Balaban J connectivity index is 1.94. The van der Waals surface area contributed by atoms with Crippen molar-refractivity contribution in [2.24, 2.45) is 5.92 Å². The highest BCUT2D eigenvalue weighted by Crippen LogP contribution is 2.40. The van der Waals surface area contributed by atoms with Crippen LogP contribution in [0.2, 0.25) is 0 Å². The van der Waals surface area contributed by atoms with Gasteiger partial charge in [0.2, 0.25) is 0 Å². The number of carbonyl (C=O) groups is 1. The van der Waals surface area contributed by atoms with Crippen LogP contribution in [0.25, 0.3) is 0 Å². The molecule has 0 bridgehead atoms. The predicted molar refractivity (Wildman–Crippen MR) is 142 cm³/mol. The summed E-state index contributed by atoms with van der Waals surface area (Å²) in [7, 11) is -3.90. The van der Waals surface area contributed by atoms with Crippen molar-refractivity contribution in [1.29, 1.82) is 0 Å². The van der Waals surface area contributed by atoms with Gasteiger partial charge in [-0.2, -0.15) is 0 Å². The molecule has 2 unspecified atom stereocenters. The molecule has 2 atom stereocenters. The Bertz CT molecular complexity index is 1120. The van der Waals surface area contributed by atoms with Gasteiger partial charge in [-0.05, 0) is 54.5 Å². The smallest absolute Gasteiger partial charge is 0.264 e. The van der Waals surface area contributed by atoms with Crippen molar-refractivity contribution in [1.82, 2.24) is 5.32 Å². The maximum atomic E-state index is 13.8. The van der Waals surface area contributed by atoms with Crippen molar-refractivity contribution >= 4 is 21.6 Å². The van der Waals surface area contributed by atoms with E-state index < -0.39 is 16.1 Å². The molecule has 0 saturated carbocycles. The van der Waals surface area contributed by atoms with Crippen LogP contribution in [0.15, 0.2) is 47.4 Å². The fraction of sp³-hybridized carbons (Fsp3) is 0.536. The van der Waals surface area contributed by atoms with Gasteiger partial charge in [-0.3, -0.25) is 9.10 Å². The molecule has 0 saturated heterocycles. The Morgan fingerprint density at radius 2 is 1.83 bits per heavy atom. The standard InChI is InChI=1S/C28H40N2O4S/c1-7-9-10-21(8-2)18-29-27(31)26-19-30(35(32,33)23-14-11-20(3)12-15-23)24-17-22(28(4,5)6)13-16-25(24)34-26/h11-17,21,26H,7-10,18-19H2,1-6H3,(H,29,31).